The summed E-state index contributed by atoms with van der Waals surface area (Å²) >= 11 is 2.32. The van der Waals surface area contributed by atoms with Gasteiger partial charge >= 0.3 is 122 Å². The summed E-state index contributed by atoms with van der Waals surface area (Å²) < 4.78 is 118. The third-order valence-electron chi connectivity index (χ3n) is 12.0. The van der Waals surface area contributed by atoms with Crippen molar-refractivity contribution in [3.63, 3.8) is 0 Å². The van der Waals surface area contributed by atoms with Crippen molar-refractivity contribution in [1.29, 1.82) is 0 Å². The van der Waals surface area contributed by atoms with Crippen LogP contribution in [0.25, 0.3) is 72.4 Å². The Balaban J connectivity index is 0.000000243. The molecule has 0 spiro atoms. The van der Waals surface area contributed by atoms with Crippen molar-refractivity contribution in [1.82, 2.24) is 38.9 Å². The number of hydrogen-bond donors (Lipinski definition) is 1. The number of rotatable bonds is 11. The number of alkyl halides is 3. The van der Waals surface area contributed by atoms with E-state index in [4.69, 9.17) is 19.1 Å². The molecule has 0 aliphatic carbocycles. The molecular weight excluding hydrogens is 1190 g/mol. The summed E-state index contributed by atoms with van der Waals surface area (Å²) in [6, 6.07) is 47.7. The molecule has 11 rings (SSSR count). The maximum absolute atomic E-state index is 14.3. The summed E-state index contributed by atoms with van der Waals surface area (Å²) in [7, 11) is 4.76. The van der Waals surface area contributed by atoms with Gasteiger partial charge < -0.3 is 8.82 Å². The van der Waals surface area contributed by atoms with Crippen LogP contribution in [0.3, 0.4) is 0 Å². The average molecular weight is 1230 g/mol. The van der Waals surface area contributed by atoms with Crippen LogP contribution < -0.4 is 89.1 Å². The Labute approximate surface area is 560 Å². The summed E-state index contributed by atoms with van der Waals surface area (Å²) in [5.41, 5.74) is 3.82. The second kappa shape index (κ2) is 33.9. The van der Waals surface area contributed by atoms with E-state index in [2.05, 4.69) is 67.6 Å². The fourth-order valence-corrected chi connectivity index (χ4v) is 8.48. The molecule has 0 radical (unpaired) electrons. The quantitative estimate of drug-likeness (QED) is 0.0457. The van der Waals surface area contributed by atoms with Crippen LogP contribution >= 0.6 is 21.2 Å². The van der Waals surface area contributed by atoms with Gasteiger partial charge in [-0.3, -0.25) is 25.0 Å². The van der Waals surface area contributed by atoms with E-state index in [1.54, 1.807) is 6.92 Å². The predicted molar refractivity (Wildman–Crippen MR) is 290 cm³/mol. The van der Waals surface area contributed by atoms with Crippen LogP contribution in [-0.2, 0) is 29.9 Å². The third-order valence-corrected chi connectivity index (χ3v) is 12.8. The van der Waals surface area contributed by atoms with Gasteiger partial charge in [0.15, 0.2) is 23.3 Å². The molecule has 0 saturated heterocycles. The fourth-order valence-electron chi connectivity index (χ4n) is 7.78. The van der Waals surface area contributed by atoms with Crippen molar-refractivity contribution in [2.24, 2.45) is 5.92 Å². The first-order chi connectivity index (χ1) is 38.5. The summed E-state index contributed by atoms with van der Waals surface area (Å²) in [4.78, 5) is 17.6. The number of pyridine rings is 1. The van der Waals surface area contributed by atoms with E-state index in [9.17, 15) is 35.1 Å². The van der Waals surface area contributed by atoms with Crippen molar-refractivity contribution in [2.75, 3.05) is 0 Å². The Kier molecular flexibility index (Phi) is 28.9. The van der Waals surface area contributed by atoms with Gasteiger partial charge in [-0.1, -0.05) is 75.0 Å². The number of H-pyrrole nitrogens is 1. The van der Waals surface area contributed by atoms with E-state index in [1.165, 1.54) is 48.6 Å². The number of benzene rings is 6. The molecular formula is C60H48ClF8KLi2N8OSZn. The number of nitrogens with zero attached hydrogens (tertiary/aromatic N) is 7. The Bertz CT molecular complexity index is 3700. The monoisotopic (exact) mass is 1230 g/mol. The SMILES string of the molecule is CC(C)CCCc1nsc(-c2[c-]cccc2)n1.CCC(C)c1nc(-c2[c-]ccc(-c3c(F)c(F)c(F)c(F)c3F)c2)c2ccccn12.Cc1nc(-c2[c-]cc(C(F)(F)F)cc2)n[nH]1.[Cl][Zn+].[K+].[Li+].[Li+].[c-]1ccccc1-c1nc2ccccc2o1. The van der Waals surface area contributed by atoms with E-state index in [1.807, 2.05) is 115 Å². The number of aromatic amines is 1. The first-order valence-electron chi connectivity index (χ1n) is 24.9. The Morgan fingerprint density at radius 2 is 1.35 bits per heavy atom. The number of aromatic nitrogens is 8. The molecule has 1 N–H and O–H groups in total. The van der Waals surface area contributed by atoms with Gasteiger partial charge in [0.1, 0.15) is 28.9 Å². The van der Waals surface area contributed by atoms with Crippen LogP contribution in [-0.4, -0.2) is 38.9 Å². The first-order valence-corrected chi connectivity index (χ1v) is 29.6. The molecule has 0 aliphatic heterocycles. The van der Waals surface area contributed by atoms with Crippen LogP contribution in [0.4, 0.5) is 35.1 Å². The summed E-state index contributed by atoms with van der Waals surface area (Å²) in [5, 5.41) is 7.41. The fraction of sp³-hybridized carbons (Fsp3) is 0.200. The molecule has 83 heavy (non-hydrogen) atoms. The Morgan fingerprint density at radius 1 is 0.711 bits per heavy atom. The number of imidazole rings is 1. The van der Waals surface area contributed by atoms with Gasteiger partial charge in [0.05, 0.1) is 16.3 Å². The zero-order valence-electron chi connectivity index (χ0n) is 46.7. The van der Waals surface area contributed by atoms with Gasteiger partial charge in [-0.2, -0.15) is 17.5 Å². The molecule has 6 aromatic carbocycles. The minimum atomic E-state index is -4.34. The van der Waals surface area contributed by atoms with Crippen molar-refractivity contribution < 1.29 is 146 Å². The molecule has 1 atom stereocenters. The summed E-state index contributed by atoms with van der Waals surface area (Å²) in [5.74, 6) is -5.66. The average Bonchev–Trinajstić information content (AvgIpc) is 4.17. The van der Waals surface area contributed by atoms with Gasteiger partial charge in [0.2, 0.25) is 5.82 Å². The molecule has 5 aromatic heterocycles. The Hall–Kier alpha value is -4.64. The van der Waals surface area contributed by atoms with Gasteiger partial charge in [0.25, 0.3) is 0 Å². The van der Waals surface area contributed by atoms with Crippen LogP contribution in [0.2, 0.25) is 0 Å². The molecule has 0 bridgehead atoms. The number of fused-ring (bicyclic) bond motifs is 2. The number of hydrogen-bond acceptors (Lipinski definition) is 8. The summed E-state index contributed by atoms with van der Waals surface area (Å²) in [6.45, 7) is 10.3. The smallest absolute Gasteiger partial charge is 0.481 e. The molecule has 1 unspecified atom stereocenters. The maximum Gasteiger partial charge on any atom is 1.00 e. The third kappa shape index (κ3) is 18.7. The summed E-state index contributed by atoms with van der Waals surface area (Å²) in [6.07, 6.45) is 1.77. The number of aryl methyl sites for hydroxylation is 2. The molecule has 23 heteroatoms. The number of nitrogens with one attached hydrogen (secondary N) is 1. The molecule has 0 fully saturated rings. The zero-order chi connectivity index (χ0) is 57.5. The topological polar surface area (TPSA) is 111 Å². The van der Waals surface area contributed by atoms with Gasteiger partial charge in [-0.25, -0.2) is 27.1 Å². The van der Waals surface area contributed by atoms with Gasteiger partial charge in [-0.15, -0.1) is 126 Å². The van der Waals surface area contributed by atoms with E-state index in [0.29, 0.717) is 34.4 Å². The predicted octanol–water partition coefficient (Wildman–Crippen LogP) is 8.25. The number of halogens is 9. The molecule has 0 amide bonds. The van der Waals surface area contributed by atoms with E-state index >= 15 is 0 Å². The number of oxazole rings is 1. The van der Waals surface area contributed by atoms with E-state index in [0.717, 1.165) is 92.6 Å². The molecule has 408 valence electrons. The molecule has 0 aliphatic rings. The van der Waals surface area contributed by atoms with E-state index < -0.39 is 46.4 Å². The normalized spacial score (nSPS) is 11.0. The van der Waals surface area contributed by atoms with Crippen LogP contribution in [0.1, 0.15) is 75.9 Å². The molecule has 0 saturated carbocycles. The van der Waals surface area contributed by atoms with Crippen molar-refractivity contribution in [3.8, 4) is 55.8 Å². The van der Waals surface area contributed by atoms with Crippen molar-refractivity contribution in [3.05, 3.63) is 210 Å². The van der Waals surface area contributed by atoms with Crippen molar-refractivity contribution in [2.45, 2.75) is 72.4 Å². The van der Waals surface area contributed by atoms with Crippen LogP contribution in [0.5, 0.6) is 0 Å². The minimum Gasteiger partial charge on any atom is -0.481 e. The standard InChI is InChI=1S/C23H16F5N2.C14H17N2S.C13H8NO.C10H7F3N3.ClH.K.2Li.Zn/c1-3-12(2)23-29-22(15-9-4-5-10-30(15)23)14-8-6-7-13(11-14)16-17(24)19(26)21(28)20(27)18(16)25;1-11(2)7-6-10-13-15-14(17-16-13)12-8-4-3-5-9-12;1-2-6-10(7-3-1)13-14-11-8-4-5-9-12(11)15-13;1-6-14-9(16-15-6)7-2-4-8(5-3-7)10(11,12)13;;;;;/h4-7,9-12H,3H2,1-2H3;3-5,8,11H,6-7,10H2,1-2H3;1-6,8-9H;2,4-5H,1H3,(H,14,15,16);1H;;;;/q4*-1;;3*+1;+2/p-1. The van der Waals surface area contributed by atoms with Crippen LogP contribution in [0.15, 0.2) is 138 Å². The number of para-hydroxylation sites is 2. The van der Waals surface area contributed by atoms with Gasteiger partial charge in [-0.05, 0) is 55.5 Å². The van der Waals surface area contributed by atoms with Crippen molar-refractivity contribution >= 4 is 37.8 Å². The molecule has 11 aromatic rings. The zero-order valence-corrected chi connectivity index (χ0v) is 54.4. The second-order valence-corrected chi connectivity index (χ2v) is 18.8. The first kappa shape index (κ1) is 70.8. The molecule has 9 nitrogen and oxygen atoms in total. The largest absolute Gasteiger partial charge is 1.00 e. The van der Waals surface area contributed by atoms with Crippen LogP contribution in [0, 0.1) is 66.2 Å². The second-order valence-electron chi connectivity index (χ2n) is 18.1. The minimum absolute atomic E-state index is 0. The Morgan fingerprint density at radius 3 is 1.94 bits per heavy atom. The van der Waals surface area contributed by atoms with E-state index in [-0.39, 0.29) is 101 Å². The molecule has 5 heterocycles. The maximum atomic E-state index is 14.3. The van der Waals surface area contributed by atoms with Gasteiger partial charge in [0, 0.05) is 35.3 Å².